The van der Waals surface area contributed by atoms with Crippen molar-refractivity contribution < 1.29 is 5.11 Å². The van der Waals surface area contributed by atoms with Crippen LogP contribution in [-0.4, -0.2) is 23.2 Å². The topological polar surface area (TPSA) is 45.1 Å². The van der Waals surface area contributed by atoms with Crippen molar-refractivity contribution in [3.63, 3.8) is 0 Å². The fraction of sp³-hybridized carbons (Fsp3) is 0.500. The lowest BCUT2D eigenvalue weighted by Crippen LogP contribution is -2.21. The predicted molar refractivity (Wildman–Crippen MR) is 57.4 cm³/mol. The van der Waals surface area contributed by atoms with Crippen molar-refractivity contribution >= 4 is 11.6 Å². The Morgan fingerprint density at radius 1 is 1.64 bits per heavy atom. The molecule has 0 saturated heterocycles. The molecule has 0 aliphatic heterocycles. The van der Waals surface area contributed by atoms with Gasteiger partial charge in [0.25, 0.3) is 0 Å². The van der Waals surface area contributed by atoms with Crippen LogP contribution in [0.25, 0.3) is 0 Å². The van der Waals surface area contributed by atoms with Crippen LogP contribution in [0.2, 0.25) is 5.15 Å². The summed E-state index contributed by atoms with van der Waals surface area (Å²) in [5, 5.41) is 12.7. The van der Waals surface area contributed by atoms with E-state index in [4.69, 9.17) is 16.7 Å². The summed E-state index contributed by atoms with van der Waals surface area (Å²) in [6, 6.07) is 3.89. The van der Waals surface area contributed by atoms with Crippen LogP contribution in [-0.2, 0) is 0 Å². The molecule has 4 heteroatoms. The van der Waals surface area contributed by atoms with E-state index in [1.165, 1.54) is 0 Å². The third-order valence-corrected chi connectivity index (χ3v) is 2.23. The molecule has 0 aliphatic rings. The molecule has 14 heavy (non-hydrogen) atoms. The van der Waals surface area contributed by atoms with Gasteiger partial charge in [-0.2, -0.15) is 0 Å². The molecule has 0 amide bonds. The van der Waals surface area contributed by atoms with Crippen LogP contribution < -0.4 is 5.32 Å². The predicted octanol–water partition coefficient (Wildman–Crippen LogP) is 1.77. The number of pyridine rings is 1. The molecule has 1 aromatic heterocycles. The Morgan fingerprint density at radius 3 is 3.00 bits per heavy atom. The third kappa shape index (κ3) is 3.25. The zero-order valence-corrected chi connectivity index (χ0v) is 8.96. The van der Waals surface area contributed by atoms with Crippen LogP contribution in [0, 0.1) is 0 Å². The highest BCUT2D eigenvalue weighted by molar-refractivity contribution is 6.29. The van der Waals surface area contributed by atoms with Gasteiger partial charge < -0.3 is 10.4 Å². The van der Waals surface area contributed by atoms with Crippen molar-refractivity contribution in [1.82, 2.24) is 10.3 Å². The molecule has 2 N–H and O–H groups in total. The molecule has 3 nitrogen and oxygen atoms in total. The molecular formula is C10H15ClN2O. The third-order valence-electron chi connectivity index (χ3n) is 2.02. The minimum Gasteiger partial charge on any atom is -0.396 e. The summed E-state index contributed by atoms with van der Waals surface area (Å²) in [6.45, 7) is 3.06. The maximum atomic E-state index is 8.91. The zero-order chi connectivity index (χ0) is 10.4. The number of aromatic nitrogens is 1. The van der Waals surface area contributed by atoms with Crippen molar-refractivity contribution in [2.45, 2.75) is 19.4 Å². The van der Waals surface area contributed by atoms with E-state index in [1.54, 1.807) is 6.20 Å². The normalized spacial score (nSPS) is 12.8. The Hall–Kier alpha value is -0.640. The molecule has 1 atom stereocenters. The number of hydrogen-bond donors (Lipinski definition) is 2. The van der Waals surface area contributed by atoms with E-state index < -0.39 is 0 Å². The average Bonchev–Trinajstić information content (AvgIpc) is 2.17. The van der Waals surface area contributed by atoms with Crippen molar-refractivity contribution in [2.75, 3.05) is 13.2 Å². The second-order valence-corrected chi connectivity index (χ2v) is 3.42. The fourth-order valence-electron chi connectivity index (χ4n) is 1.40. The maximum absolute atomic E-state index is 8.91. The first kappa shape index (κ1) is 11.4. The minimum atomic E-state index is 0.158. The lowest BCUT2D eigenvalue weighted by Gasteiger charge is -2.16. The van der Waals surface area contributed by atoms with E-state index in [2.05, 4.69) is 10.3 Å². The summed E-state index contributed by atoms with van der Waals surface area (Å²) in [6.07, 6.45) is 2.37. The number of rotatable bonds is 5. The molecule has 1 rings (SSSR count). The van der Waals surface area contributed by atoms with Crippen LogP contribution >= 0.6 is 11.6 Å². The molecule has 0 bridgehead atoms. The number of nitrogens with one attached hydrogen (secondary N) is 1. The molecule has 0 aromatic carbocycles. The Kier molecular flexibility index (Phi) is 4.87. The summed E-state index contributed by atoms with van der Waals surface area (Å²) < 4.78 is 0. The number of aliphatic hydroxyl groups is 1. The summed E-state index contributed by atoms with van der Waals surface area (Å²) in [5.41, 5.74) is 1.07. The Morgan fingerprint density at radius 2 is 2.43 bits per heavy atom. The fourth-order valence-corrected chi connectivity index (χ4v) is 1.58. The van der Waals surface area contributed by atoms with E-state index in [0.29, 0.717) is 11.6 Å². The maximum Gasteiger partial charge on any atom is 0.129 e. The van der Waals surface area contributed by atoms with Crippen LogP contribution in [0.1, 0.15) is 24.9 Å². The highest BCUT2D eigenvalue weighted by Crippen LogP contribution is 2.18. The monoisotopic (exact) mass is 214 g/mol. The molecule has 1 aromatic rings. The summed E-state index contributed by atoms with van der Waals surface area (Å²) in [5.74, 6) is 0. The van der Waals surface area contributed by atoms with Gasteiger partial charge in [-0.05, 0) is 30.7 Å². The highest BCUT2D eigenvalue weighted by atomic mass is 35.5. The standard InChI is InChI=1S/C10H15ClN2O/c1-2-12-9(4-6-14)8-3-5-13-10(11)7-8/h3,5,7,9,12,14H,2,4,6H2,1H3/t9-/m1/s1. The van der Waals surface area contributed by atoms with Crippen LogP contribution in [0.5, 0.6) is 0 Å². The minimum absolute atomic E-state index is 0.158. The SMILES string of the molecule is CCN[C@H](CCO)c1ccnc(Cl)c1. The molecule has 0 fully saturated rings. The Balaban J connectivity index is 2.75. The Bertz CT molecular complexity index is 275. The molecule has 0 aliphatic carbocycles. The lowest BCUT2D eigenvalue weighted by molar-refractivity contribution is 0.266. The van der Waals surface area contributed by atoms with E-state index in [9.17, 15) is 0 Å². The van der Waals surface area contributed by atoms with Gasteiger partial charge in [-0.1, -0.05) is 18.5 Å². The van der Waals surface area contributed by atoms with Gasteiger partial charge in [0.1, 0.15) is 5.15 Å². The molecular weight excluding hydrogens is 200 g/mol. The molecule has 78 valence electrons. The van der Waals surface area contributed by atoms with Crippen molar-refractivity contribution in [1.29, 1.82) is 0 Å². The van der Waals surface area contributed by atoms with E-state index in [-0.39, 0.29) is 12.6 Å². The summed E-state index contributed by atoms with van der Waals surface area (Å²) >= 11 is 5.79. The zero-order valence-electron chi connectivity index (χ0n) is 8.20. The van der Waals surface area contributed by atoms with Crippen LogP contribution in [0.4, 0.5) is 0 Å². The van der Waals surface area contributed by atoms with Crippen LogP contribution in [0.3, 0.4) is 0 Å². The second-order valence-electron chi connectivity index (χ2n) is 3.03. The van der Waals surface area contributed by atoms with Gasteiger partial charge in [-0.15, -0.1) is 0 Å². The number of aliphatic hydroxyl groups excluding tert-OH is 1. The first-order valence-electron chi connectivity index (χ1n) is 4.73. The smallest absolute Gasteiger partial charge is 0.129 e. The van der Waals surface area contributed by atoms with Gasteiger partial charge in [-0.25, -0.2) is 4.98 Å². The number of hydrogen-bond acceptors (Lipinski definition) is 3. The van der Waals surface area contributed by atoms with Crippen LogP contribution in [0.15, 0.2) is 18.3 Å². The molecule has 0 spiro atoms. The van der Waals surface area contributed by atoms with Gasteiger partial charge in [0.05, 0.1) is 0 Å². The molecule has 0 radical (unpaired) electrons. The molecule has 0 unspecified atom stereocenters. The summed E-state index contributed by atoms with van der Waals surface area (Å²) in [7, 11) is 0. The van der Waals surface area contributed by atoms with Crippen molar-refractivity contribution in [3.05, 3.63) is 29.0 Å². The Labute approximate surface area is 89.1 Å². The number of nitrogens with zero attached hydrogens (tertiary/aromatic N) is 1. The van der Waals surface area contributed by atoms with Gasteiger partial charge in [-0.3, -0.25) is 0 Å². The quantitative estimate of drug-likeness (QED) is 0.735. The summed E-state index contributed by atoms with van der Waals surface area (Å²) in [4.78, 5) is 3.92. The van der Waals surface area contributed by atoms with E-state index in [0.717, 1.165) is 12.1 Å². The van der Waals surface area contributed by atoms with E-state index in [1.807, 2.05) is 19.1 Å². The largest absolute Gasteiger partial charge is 0.396 e. The second kappa shape index (κ2) is 5.96. The van der Waals surface area contributed by atoms with E-state index >= 15 is 0 Å². The first-order chi connectivity index (χ1) is 6.77. The molecule has 0 saturated carbocycles. The van der Waals surface area contributed by atoms with Gasteiger partial charge in [0.2, 0.25) is 0 Å². The average molecular weight is 215 g/mol. The van der Waals surface area contributed by atoms with Gasteiger partial charge in [0, 0.05) is 18.8 Å². The van der Waals surface area contributed by atoms with Crippen molar-refractivity contribution in [3.8, 4) is 0 Å². The lowest BCUT2D eigenvalue weighted by atomic mass is 10.1. The van der Waals surface area contributed by atoms with Crippen molar-refractivity contribution in [2.24, 2.45) is 0 Å². The van der Waals surface area contributed by atoms with Gasteiger partial charge >= 0.3 is 0 Å². The highest BCUT2D eigenvalue weighted by Gasteiger charge is 2.09. The molecule has 1 heterocycles. The first-order valence-corrected chi connectivity index (χ1v) is 5.11. The van der Waals surface area contributed by atoms with Gasteiger partial charge in [0.15, 0.2) is 0 Å². The number of halogens is 1.